The zero-order chi connectivity index (χ0) is 14.8. The van der Waals surface area contributed by atoms with Crippen molar-refractivity contribution < 1.29 is 4.74 Å². The van der Waals surface area contributed by atoms with Crippen molar-refractivity contribution in [3.05, 3.63) is 29.2 Å². The highest BCUT2D eigenvalue weighted by atomic mass is 35.5. The predicted molar refractivity (Wildman–Crippen MR) is 85.0 cm³/mol. The lowest BCUT2D eigenvalue weighted by atomic mass is 9.98. The number of rotatable bonds is 3. The van der Waals surface area contributed by atoms with Gasteiger partial charge < -0.3 is 9.64 Å². The summed E-state index contributed by atoms with van der Waals surface area (Å²) in [6.45, 7) is 5.13. The van der Waals surface area contributed by atoms with Crippen molar-refractivity contribution >= 4 is 22.5 Å². The average molecular weight is 306 g/mol. The van der Waals surface area contributed by atoms with Crippen molar-refractivity contribution in [1.29, 1.82) is 0 Å². The van der Waals surface area contributed by atoms with Crippen LogP contribution < -0.4 is 4.74 Å². The molecule has 0 bridgehead atoms. The van der Waals surface area contributed by atoms with Crippen molar-refractivity contribution in [2.24, 2.45) is 5.92 Å². The normalized spacial score (nSPS) is 17.3. The van der Waals surface area contributed by atoms with E-state index in [4.69, 9.17) is 16.3 Å². The van der Waals surface area contributed by atoms with E-state index in [1.165, 1.54) is 19.2 Å². The summed E-state index contributed by atoms with van der Waals surface area (Å²) in [5.41, 5.74) is 1.91. The highest BCUT2D eigenvalue weighted by molar-refractivity contribution is 6.34. The summed E-state index contributed by atoms with van der Waals surface area (Å²) < 4.78 is 6.04. The first-order valence-electron chi connectivity index (χ1n) is 7.35. The summed E-state index contributed by atoms with van der Waals surface area (Å²) in [5.74, 6) is 1.54. The van der Waals surface area contributed by atoms with Gasteiger partial charge in [-0.3, -0.25) is 0 Å². The number of aromatic nitrogens is 2. The maximum Gasteiger partial charge on any atom is 0.140 e. The van der Waals surface area contributed by atoms with Crippen molar-refractivity contribution in [3.63, 3.8) is 0 Å². The van der Waals surface area contributed by atoms with Gasteiger partial charge >= 0.3 is 0 Å². The van der Waals surface area contributed by atoms with Crippen LogP contribution in [-0.2, 0) is 0 Å². The van der Waals surface area contributed by atoms with Crippen LogP contribution >= 0.6 is 11.6 Å². The molecule has 1 aromatic heterocycles. The van der Waals surface area contributed by atoms with Crippen molar-refractivity contribution in [3.8, 4) is 5.75 Å². The molecule has 1 saturated heterocycles. The summed E-state index contributed by atoms with van der Waals surface area (Å²) >= 11 is 6.10. The number of fused-ring (bicyclic) bond motifs is 1. The zero-order valence-electron chi connectivity index (χ0n) is 12.5. The molecule has 0 N–H and O–H groups in total. The van der Waals surface area contributed by atoms with E-state index in [9.17, 15) is 0 Å². The number of piperidine rings is 1. The van der Waals surface area contributed by atoms with Gasteiger partial charge in [0.15, 0.2) is 0 Å². The number of hydrogen-bond donors (Lipinski definition) is 0. The Bertz CT molecular complexity index is 639. The van der Waals surface area contributed by atoms with Gasteiger partial charge in [-0.2, -0.15) is 0 Å². The van der Waals surface area contributed by atoms with Gasteiger partial charge in [0.1, 0.15) is 17.2 Å². The molecule has 0 amide bonds. The van der Waals surface area contributed by atoms with Crippen LogP contribution in [0.2, 0.25) is 5.15 Å². The Morgan fingerprint density at radius 3 is 2.81 bits per heavy atom. The number of likely N-dealkylation sites (tertiary alicyclic amines) is 1. The molecule has 2 aromatic rings. The lowest BCUT2D eigenvalue weighted by Gasteiger charge is -2.28. The molecule has 2 heterocycles. The molecule has 3 rings (SSSR count). The van der Waals surface area contributed by atoms with Gasteiger partial charge in [0.2, 0.25) is 0 Å². The van der Waals surface area contributed by atoms with Gasteiger partial charge in [-0.05, 0) is 57.5 Å². The molecule has 1 aromatic carbocycles. The Labute approximate surface area is 130 Å². The van der Waals surface area contributed by atoms with Gasteiger partial charge in [0, 0.05) is 11.5 Å². The van der Waals surface area contributed by atoms with Crippen molar-refractivity contribution in [1.82, 2.24) is 14.9 Å². The van der Waals surface area contributed by atoms with E-state index >= 15 is 0 Å². The van der Waals surface area contributed by atoms with Gasteiger partial charge in [-0.1, -0.05) is 11.6 Å². The highest BCUT2D eigenvalue weighted by Crippen LogP contribution is 2.28. The molecule has 112 valence electrons. The number of aryl methyl sites for hydroxylation is 1. The topological polar surface area (TPSA) is 38.3 Å². The first-order chi connectivity index (χ1) is 10.1. The maximum absolute atomic E-state index is 6.10. The molecule has 1 aliphatic heterocycles. The molecular formula is C16H20ClN3O. The van der Waals surface area contributed by atoms with Gasteiger partial charge in [0.05, 0.1) is 12.1 Å². The van der Waals surface area contributed by atoms with E-state index < -0.39 is 0 Å². The third-order valence-corrected chi connectivity index (χ3v) is 4.50. The van der Waals surface area contributed by atoms with Crippen LogP contribution in [0.15, 0.2) is 18.5 Å². The van der Waals surface area contributed by atoms with E-state index in [0.717, 1.165) is 41.9 Å². The minimum atomic E-state index is 0.491. The van der Waals surface area contributed by atoms with Crippen LogP contribution in [0.5, 0.6) is 5.75 Å². The smallest absolute Gasteiger partial charge is 0.140 e. The minimum Gasteiger partial charge on any atom is -0.493 e. The van der Waals surface area contributed by atoms with Crippen LogP contribution in [0.1, 0.15) is 18.4 Å². The van der Waals surface area contributed by atoms with Gasteiger partial charge in [-0.15, -0.1) is 0 Å². The quantitative estimate of drug-likeness (QED) is 0.816. The van der Waals surface area contributed by atoms with Crippen LogP contribution in [0, 0.1) is 12.8 Å². The molecule has 21 heavy (non-hydrogen) atoms. The molecule has 0 spiro atoms. The summed E-state index contributed by atoms with van der Waals surface area (Å²) in [4.78, 5) is 10.7. The van der Waals surface area contributed by atoms with Crippen molar-refractivity contribution in [2.45, 2.75) is 19.8 Å². The number of nitrogens with zero attached hydrogens (tertiary/aromatic N) is 3. The Balaban J connectivity index is 1.73. The lowest BCUT2D eigenvalue weighted by Crippen LogP contribution is -2.32. The number of hydrogen-bond acceptors (Lipinski definition) is 4. The monoisotopic (exact) mass is 305 g/mol. The summed E-state index contributed by atoms with van der Waals surface area (Å²) in [6.07, 6.45) is 3.90. The molecule has 0 atom stereocenters. The van der Waals surface area contributed by atoms with E-state index in [0.29, 0.717) is 11.1 Å². The van der Waals surface area contributed by atoms with E-state index in [1.807, 2.05) is 19.1 Å². The fourth-order valence-corrected chi connectivity index (χ4v) is 2.95. The molecular weight excluding hydrogens is 286 g/mol. The molecule has 5 heteroatoms. The average Bonchev–Trinajstić information content (AvgIpc) is 2.48. The van der Waals surface area contributed by atoms with Crippen LogP contribution in [0.3, 0.4) is 0 Å². The number of ether oxygens (including phenoxy) is 1. The second-order valence-electron chi connectivity index (χ2n) is 5.86. The third-order valence-electron chi connectivity index (χ3n) is 4.20. The van der Waals surface area contributed by atoms with Crippen LogP contribution in [0.4, 0.5) is 0 Å². The highest BCUT2D eigenvalue weighted by Gasteiger charge is 2.17. The fourth-order valence-electron chi connectivity index (χ4n) is 2.75. The molecule has 1 fully saturated rings. The van der Waals surface area contributed by atoms with E-state index in [2.05, 4.69) is 21.9 Å². The molecule has 0 radical (unpaired) electrons. The van der Waals surface area contributed by atoms with Gasteiger partial charge in [0.25, 0.3) is 0 Å². The Kier molecular flexibility index (Phi) is 4.27. The molecule has 1 aliphatic rings. The summed E-state index contributed by atoms with van der Waals surface area (Å²) in [5, 5.41) is 1.37. The predicted octanol–water partition coefficient (Wildman–Crippen LogP) is 3.31. The third kappa shape index (κ3) is 3.27. The van der Waals surface area contributed by atoms with Crippen LogP contribution in [0.25, 0.3) is 10.9 Å². The first-order valence-corrected chi connectivity index (χ1v) is 7.73. The Morgan fingerprint density at radius 1 is 1.29 bits per heavy atom. The Morgan fingerprint density at radius 2 is 2.05 bits per heavy atom. The first kappa shape index (κ1) is 14.5. The summed E-state index contributed by atoms with van der Waals surface area (Å²) in [7, 11) is 2.17. The van der Waals surface area contributed by atoms with E-state index in [-0.39, 0.29) is 0 Å². The standard InChI is InChI=1S/C16H20ClN3O/c1-11-7-13-14(18-10-19-16(13)17)8-15(11)21-9-12-3-5-20(2)6-4-12/h7-8,10,12H,3-6,9H2,1-2H3. The van der Waals surface area contributed by atoms with Crippen LogP contribution in [-0.4, -0.2) is 41.6 Å². The van der Waals surface area contributed by atoms with Gasteiger partial charge in [-0.25, -0.2) is 9.97 Å². The second kappa shape index (κ2) is 6.16. The largest absolute Gasteiger partial charge is 0.493 e. The Hall–Kier alpha value is -1.39. The molecule has 0 aliphatic carbocycles. The number of benzene rings is 1. The molecule has 0 unspecified atom stereocenters. The second-order valence-corrected chi connectivity index (χ2v) is 6.22. The zero-order valence-corrected chi connectivity index (χ0v) is 13.2. The van der Waals surface area contributed by atoms with E-state index in [1.54, 1.807) is 0 Å². The maximum atomic E-state index is 6.10. The molecule has 4 nitrogen and oxygen atoms in total. The fraction of sp³-hybridized carbons (Fsp3) is 0.500. The van der Waals surface area contributed by atoms with Crippen molar-refractivity contribution in [2.75, 3.05) is 26.7 Å². The molecule has 0 saturated carbocycles. The summed E-state index contributed by atoms with van der Waals surface area (Å²) in [6, 6.07) is 3.97. The number of halogens is 1. The lowest BCUT2D eigenvalue weighted by molar-refractivity contribution is 0.159. The minimum absolute atomic E-state index is 0.491. The SMILES string of the molecule is Cc1cc2c(Cl)ncnc2cc1OCC1CCN(C)CC1.